The number of nitrogens with two attached hydrogens (primary N) is 1. The number of aliphatic hydroxyl groups excluding tert-OH is 1. The van der Waals surface area contributed by atoms with E-state index in [1.807, 2.05) is 13.8 Å². The minimum atomic E-state index is -0.772. The molecule has 2 rings (SSSR count). The van der Waals surface area contributed by atoms with Crippen molar-refractivity contribution >= 4 is 31.5 Å². The van der Waals surface area contributed by atoms with Gasteiger partial charge in [-0.2, -0.15) is 4.98 Å². The van der Waals surface area contributed by atoms with Crippen LogP contribution in [0.3, 0.4) is 0 Å². The molecule has 2 heterocycles. The normalized spacial score (nSPS) is 14.0. The SMILES string of the molecule is CC(C)C(P=N)C(=O)OCC(CO)OCn1cnc2c(=O)[nH]c(N)nc21. The van der Waals surface area contributed by atoms with E-state index < -0.39 is 23.3 Å². The molecular weight excluding hydrogens is 363 g/mol. The molecule has 11 nitrogen and oxygen atoms in total. The molecule has 0 spiro atoms. The molecular formula is C14H21N6O5P. The second-order valence-corrected chi connectivity index (χ2v) is 6.70. The van der Waals surface area contributed by atoms with Crippen LogP contribution in [0, 0.1) is 11.1 Å². The maximum atomic E-state index is 12.0. The van der Waals surface area contributed by atoms with E-state index in [2.05, 4.69) is 15.0 Å². The Morgan fingerprint density at radius 3 is 2.88 bits per heavy atom. The Balaban J connectivity index is 1.98. The number of nitrogens with zero attached hydrogens (tertiary/aromatic N) is 3. The zero-order valence-corrected chi connectivity index (χ0v) is 15.3. The molecule has 0 fully saturated rings. The first-order chi connectivity index (χ1) is 12.4. The molecule has 0 amide bonds. The Labute approximate surface area is 150 Å². The molecule has 142 valence electrons. The zero-order chi connectivity index (χ0) is 19.3. The summed E-state index contributed by atoms with van der Waals surface area (Å²) in [6.07, 6.45) is 0.589. The number of fused-ring (bicyclic) bond motifs is 1. The second kappa shape index (κ2) is 8.84. The number of aromatic nitrogens is 4. The van der Waals surface area contributed by atoms with E-state index in [9.17, 15) is 14.7 Å². The van der Waals surface area contributed by atoms with E-state index in [1.165, 1.54) is 10.9 Å². The number of aliphatic hydroxyl groups is 1. The van der Waals surface area contributed by atoms with E-state index in [4.69, 9.17) is 20.4 Å². The quantitative estimate of drug-likeness (QED) is 0.354. The molecule has 12 heteroatoms. The third-order valence-electron chi connectivity index (χ3n) is 3.57. The van der Waals surface area contributed by atoms with Gasteiger partial charge in [-0.1, -0.05) is 13.8 Å². The first-order valence-electron chi connectivity index (χ1n) is 7.83. The number of ether oxygens (including phenoxy) is 2. The monoisotopic (exact) mass is 384 g/mol. The summed E-state index contributed by atoms with van der Waals surface area (Å²) >= 11 is 0. The van der Waals surface area contributed by atoms with Gasteiger partial charge in [0.15, 0.2) is 11.2 Å². The summed E-state index contributed by atoms with van der Waals surface area (Å²) in [5, 5.41) is 16.8. The largest absolute Gasteiger partial charge is 0.462 e. The Bertz CT molecular complexity index is 835. The smallest absolute Gasteiger partial charge is 0.319 e. The molecule has 5 N–H and O–H groups in total. The van der Waals surface area contributed by atoms with Gasteiger partial charge in [-0.3, -0.25) is 24.3 Å². The lowest BCUT2D eigenvalue weighted by molar-refractivity contribution is -0.150. The highest BCUT2D eigenvalue weighted by atomic mass is 31.1. The number of imidazole rings is 1. The van der Waals surface area contributed by atoms with Crippen LogP contribution in [0.1, 0.15) is 13.8 Å². The minimum Gasteiger partial charge on any atom is -0.462 e. The van der Waals surface area contributed by atoms with Crippen molar-refractivity contribution in [1.82, 2.24) is 19.5 Å². The lowest BCUT2D eigenvalue weighted by atomic mass is 10.1. The number of H-pyrrole nitrogens is 1. The first-order valence-corrected chi connectivity index (χ1v) is 8.80. The molecule has 0 aromatic carbocycles. The number of carbonyl (C=O) groups is 1. The Hall–Kier alpha value is -2.36. The molecule has 0 saturated carbocycles. The summed E-state index contributed by atoms with van der Waals surface area (Å²) in [5.74, 6) is -0.582. The Kier molecular flexibility index (Phi) is 6.78. The van der Waals surface area contributed by atoms with Gasteiger partial charge in [0, 0.05) is 8.37 Å². The summed E-state index contributed by atoms with van der Waals surface area (Å²) in [6.45, 7) is 3.06. The van der Waals surface area contributed by atoms with Crippen molar-refractivity contribution in [2.24, 2.45) is 5.92 Å². The molecule has 26 heavy (non-hydrogen) atoms. The minimum absolute atomic E-state index is 0.0258. The van der Waals surface area contributed by atoms with Gasteiger partial charge in [0.2, 0.25) is 5.95 Å². The van der Waals surface area contributed by atoms with E-state index >= 15 is 0 Å². The topological polar surface area (TPSA) is 169 Å². The molecule has 2 aromatic rings. The fourth-order valence-corrected chi connectivity index (χ4v) is 2.62. The van der Waals surface area contributed by atoms with Crippen LogP contribution < -0.4 is 11.3 Å². The molecule has 0 aliphatic rings. The number of aromatic amines is 1. The van der Waals surface area contributed by atoms with Crippen LogP contribution in [0.4, 0.5) is 5.95 Å². The third kappa shape index (κ3) is 4.63. The summed E-state index contributed by atoms with van der Waals surface area (Å²) in [6, 6.07) is 0. The van der Waals surface area contributed by atoms with Gasteiger partial charge in [0.1, 0.15) is 25.1 Å². The van der Waals surface area contributed by atoms with Gasteiger partial charge in [0.05, 0.1) is 12.9 Å². The number of anilines is 1. The molecule has 2 aromatic heterocycles. The van der Waals surface area contributed by atoms with Gasteiger partial charge >= 0.3 is 5.97 Å². The number of carbonyl (C=O) groups excluding carboxylic acids is 1. The first kappa shape index (κ1) is 20.0. The van der Waals surface area contributed by atoms with E-state index in [-0.39, 0.29) is 51.3 Å². The average Bonchev–Trinajstić information content (AvgIpc) is 2.98. The predicted octanol–water partition coefficient (Wildman–Crippen LogP) is 0.313. The number of hydrogen-bond donors (Lipinski definition) is 4. The van der Waals surface area contributed by atoms with Crippen LogP contribution in [0.15, 0.2) is 11.1 Å². The molecule has 0 radical (unpaired) electrons. The van der Waals surface area contributed by atoms with Gasteiger partial charge < -0.3 is 20.3 Å². The number of nitrogen functional groups attached to an aromatic ring is 1. The predicted molar refractivity (Wildman–Crippen MR) is 93.7 cm³/mol. The summed E-state index contributed by atoms with van der Waals surface area (Å²) < 4.78 is 12.1. The van der Waals surface area contributed by atoms with E-state index in [0.29, 0.717) is 0 Å². The van der Waals surface area contributed by atoms with Crippen molar-refractivity contribution in [1.29, 1.82) is 5.16 Å². The van der Waals surface area contributed by atoms with Crippen LogP contribution in [0.5, 0.6) is 0 Å². The number of nitrogens with one attached hydrogen (secondary N) is 2. The summed E-state index contributed by atoms with van der Waals surface area (Å²) in [7, 11) is 0.179. The van der Waals surface area contributed by atoms with Crippen LogP contribution in [0.2, 0.25) is 0 Å². The number of hydrogen-bond acceptors (Lipinski definition) is 9. The van der Waals surface area contributed by atoms with Crippen molar-refractivity contribution in [3.8, 4) is 0 Å². The van der Waals surface area contributed by atoms with Crippen molar-refractivity contribution < 1.29 is 19.4 Å². The summed E-state index contributed by atoms with van der Waals surface area (Å²) in [4.78, 5) is 34.0. The maximum Gasteiger partial charge on any atom is 0.319 e. The lowest BCUT2D eigenvalue weighted by Crippen LogP contribution is -2.30. The van der Waals surface area contributed by atoms with Gasteiger partial charge in [-0.25, -0.2) is 4.98 Å². The highest BCUT2D eigenvalue weighted by Crippen LogP contribution is 2.19. The Morgan fingerprint density at radius 2 is 2.27 bits per heavy atom. The van der Waals surface area contributed by atoms with Crippen molar-refractivity contribution in [3.05, 3.63) is 16.7 Å². The van der Waals surface area contributed by atoms with Crippen molar-refractivity contribution in [2.45, 2.75) is 32.3 Å². The number of esters is 1. The van der Waals surface area contributed by atoms with Gasteiger partial charge in [-0.15, -0.1) is 0 Å². The van der Waals surface area contributed by atoms with Gasteiger partial charge in [-0.05, 0) is 5.92 Å². The van der Waals surface area contributed by atoms with Crippen molar-refractivity contribution in [3.63, 3.8) is 0 Å². The van der Waals surface area contributed by atoms with Crippen LogP contribution in [0.25, 0.3) is 11.2 Å². The molecule has 0 saturated heterocycles. The highest BCUT2D eigenvalue weighted by molar-refractivity contribution is 7.27. The lowest BCUT2D eigenvalue weighted by Gasteiger charge is -2.18. The standard InChI is InChI=1S/C14H21N6O5P/c1-7(2)10(26-16)13(23)24-4-8(3-21)25-6-20-5-17-9-11(20)18-14(15)19-12(9)22/h5,7-8,10,16,21H,3-4,6H2,1-2H3,(H3,15,18,19,22). The van der Waals surface area contributed by atoms with Gasteiger partial charge in [0.25, 0.3) is 5.56 Å². The molecule has 2 atom stereocenters. The van der Waals surface area contributed by atoms with Crippen LogP contribution >= 0.6 is 8.37 Å². The van der Waals surface area contributed by atoms with Crippen molar-refractivity contribution in [2.75, 3.05) is 18.9 Å². The zero-order valence-electron chi connectivity index (χ0n) is 14.4. The fourth-order valence-electron chi connectivity index (χ4n) is 2.14. The van der Waals surface area contributed by atoms with E-state index in [1.54, 1.807) is 0 Å². The third-order valence-corrected chi connectivity index (χ3v) is 4.65. The summed E-state index contributed by atoms with van der Waals surface area (Å²) in [5.41, 5.74) is 4.86. The molecule has 0 bridgehead atoms. The van der Waals surface area contributed by atoms with Crippen LogP contribution in [-0.4, -0.2) is 55.6 Å². The molecule has 0 aliphatic carbocycles. The average molecular weight is 384 g/mol. The van der Waals surface area contributed by atoms with E-state index in [0.717, 1.165) is 0 Å². The molecule has 0 aliphatic heterocycles. The Morgan fingerprint density at radius 1 is 1.54 bits per heavy atom. The number of rotatable bonds is 9. The highest BCUT2D eigenvalue weighted by Gasteiger charge is 2.23. The fraction of sp³-hybridized carbons (Fsp3) is 0.571. The maximum absolute atomic E-state index is 12.0. The second-order valence-electron chi connectivity index (χ2n) is 5.89. The molecule has 2 unspecified atom stereocenters. The van der Waals surface area contributed by atoms with Crippen LogP contribution in [-0.2, 0) is 21.0 Å².